The Morgan fingerprint density at radius 2 is 2.11 bits per heavy atom. The van der Waals surface area contributed by atoms with Crippen LogP contribution < -0.4 is 10.5 Å². The third kappa shape index (κ3) is 1.19. The zero-order valence-electron chi connectivity index (χ0n) is 8.99. The average Bonchev–Trinajstić information content (AvgIpc) is 3.04. The molecule has 0 spiro atoms. The van der Waals surface area contributed by atoms with Crippen molar-refractivity contribution in [1.82, 2.24) is 30.5 Å². The Morgan fingerprint density at radius 1 is 1.17 bits per heavy atom. The number of amidine groups is 1. The minimum absolute atomic E-state index is 0.563. The molecule has 4 rings (SSSR count). The van der Waals surface area contributed by atoms with Gasteiger partial charge in [-0.15, -0.1) is 0 Å². The Balaban J connectivity index is 1.95. The summed E-state index contributed by atoms with van der Waals surface area (Å²) in [6.07, 6.45) is 6.33. The van der Waals surface area contributed by atoms with Crippen LogP contribution in [0.15, 0.2) is 28.1 Å². The van der Waals surface area contributed by atoms with Gasteiger partial charge in [-0.05, 0) is 0 Å². The molecule has 0 saturated carbocycles. The second-order valence-corrected chi connectivity index (χ2v) is 3.67. The van der Waals surface area contributed by atoms with Crippen molar-refractivity contribution in [3.8, 4) is 0 Å². The number of hydrogen-bond donors (Lipinski definition) is 2. The number of aromatic amines is 1. The number of allylic oxidation sites excluding steroid dienone is 1. The third-order valence-electron chi connectivity index (χ3n) is 2.61. The monoisotopic (exact) mass is 238 g/mol. The molecule has 18 heavy (non-hydrogen) atoms. The van der Waals surface area contributed by atoms with E-state index in [1.54, 1.807) is 18.6 Å². The SMILES string of the molecule is C1=NC2=C(c3nc4nccnc4[nH]3)C=[N+]NC2=N1. The predicted octanol–water partition coefficient (Wildman–Crippen LogP) is -0.571. The van der Waals surface area contributed by atoms with E-state index in [0.717, 1.165) is 5.57 Å². The smallest absolute Gasteiger partial charge is 0.288 e. The number of nitrogens with zero attached hydrogens (tertiary/aromatic N) is 6. The van der Waals surface area contributed by atoms with Crippen molar-refractivity contribution in [2.45, 2.75) is 0 Å². The zero-order valence-corrected chi connectivity index (χ0v) is 8.99. The number of rotatable bonds is 1. The average molecular weight is 238 g/mol. The van der Waals surface area contributed by atoms with Crippen molar-refractivity contribution in [3.05, 3.63) is 23.9 Å². The minimum atomic E-state index is 0.563. The molecule has 0 saturated heterocycles. The number of imidazole rings is 1. The van der Waals surface area contributed by atoms with Gasteiger partial charge in [0.15, 0.2) is 16.4 Å². The highest BCUT2D eigenvalue weighted by atomic mass is 15.3. The first-order chi connectivity index (χ1) is 8.92. The molecule has 2 N–H and O–H groups in total. The molecule has 1 radical (unpaired) electrons. The number of aliphatic imine (C=N–C) groups is 2. The normalized spacial score (nSPS) is 17.0. The summed E-state index contributed by atoms with van der Waals surface area (Å²) in [5.41, 5.74) is 5.45. The van der Waals surface area contributed by atoms with Crippen molar-refractivity contribution in [3.63, 3.8) is 0 Å². The first kappa shape index (κ1) is 9.16. The van der Waals surface area contributed by atoms with Crippen LogP contribution in [0, 0.1) is 0 Å². The van der Waals surface area contributed by atoms with Gasteiger partial charge in [0.25, 0.3) is 6.21 Å². The first-order valence-electron chi connectivity index (χ1n) is 5.23. The number of fused-ring (bicyclic) bond motifs is 2. The molecule has 8 heteroatoms. The van der Waals surface area contributed by atoms with Crippen molar-refractivity contribution in [1.29, 1.82) is 0 Å². The summed E-state index contributed by atoms with van der Waals surface area (Å²) >= 11 is 0. The third-order valence-corrected chi connectivity index (χ3v) is 2.61. The molecule has 0 atom stereocenters. The van der Waals surface area contributed by atoms with E-state index in [1.165, 1.54) is 6.34 Å². The molecule has 85 valence electrons. The molecule has 2 aliphatic heterocycles. The van der Waals surface area contributed by atoms with Gasteiger partial charge in [0.2, 0.25) is 5.84 Å². The lowest BCUT2D eigenvalue weighted by molar-refractivity contribution is 0.917. The largest absolute Gasteiger partial charge is 0.321 e. The van der Waals surface area contributed by atoms with Gasteiger partial charge >= 0.3 is 0 Å². The zero-order chi connectivity index (χ0) is 11.9. The van der Waals surface area contributed by atoms with Gasteiger partial charge in [-0.1, -0.05) is 5.43 Å². The van der Waals surface area contributed by atoms with E-state index in [0.29, 0.717) is 28.7 Å². The van der Waals surface area contributed by atoms with Crippen LogP contribution in [-0.2, 0) is 0 Å². The number of aromatic nitrogens is 4. The Hall–Kier alpha value is -2.90. The summed E-state index contributed by atoms with van der Waals surface area (Å²) in [6, 6.07) is 0. The van der Waals surface area contributed by atoms with Gasteiger partial charge < -0.3 is 4.98 Å². The van der Waals surface area contributed by atoms with Crippen LogP contribution in [-0.4, -0.2) is 38.3 Å². The molecule has 0 aliphatic carbocycles. The highest BCUT2D eigenvalue weighted by Crippen LogP contribution is 2.20. The molecule has 2 aromatic heterocycles. The van der Waals surface area contributed by atoms with Crippen LogP contribution in [0.25, 0.3) is 16.9 Å². The molecule has 0 unspecified atom stereocenters. The molecule has 0 bridgehead atoms. The maximum atomic E-state index is 4.36. The van der Waals surface area contributed by atoms with Crippen molar-refractivity contribution in [2.75, 3.05) is 0 Å². The Kier molecular flexibility index (Phi) is 1.68. The highest BCUT2D eigenvalue weighted by molar-refractivity contribution is 6.23. The van der Waals surface area contributed by atoms with E-state index in [2.05, 4.69) is 40.4 Å². The summed E-state index contributed by atoms with van der Waals surface area (Å²) < 4.78 is 0. The maximum absolute atomic E-state index is 4.36. The molecular weight excluding hydrogens is 232 g/mol. The quantitative estimate of drug-likeness (QED) is 0.693. The van der Waals surface area contributed by atoms with Crippen LogP contribution in [0.1, 0.15) is 5.82 Å². The van der Waals surface area contributed by atoms with Gasteiger partial charge in [0.1, 0.15) is 23.4 Å². The van der Waals surface area contributed by atoms with Crippen LogP contribution in [0.2, 0.25) is 0 Å². The molecule has 8 nitrogen and oxygen atoms in total. The van der Waals surface area contributed by atoms with Crippen LogP contribution >= 0.6 is 0 Å². The number of hydrazone groups is 1. The second kappa shape index (κ2) is 3.29. The fourth-order valence-electron chi connectivity index (χ4n) is 1.81. The van der Waals surface area contributed by atoms with Crippen molar-refractivity contribution < 1.29 is 0 Å². The van der Waals surface area contributed by atoms with Crippen LogP contribution in [0.4, 0.5) is 0 Å². The molecule has 2 aromatic rings. The van der Waals surface area contributed by atoms with Gasteiger partial charge in [-0.3, -0.25) is 0 Å². The topological polar surface area (TPSA) is 105 Å². The summed E-state index contributed by atoms with van der Waals surface area (Å²) in [5, 5.41) is 4.00. The Morgan fingerprint density at radius 3 is 3.06 bits per heavy atom. The number of H-pyrrole nitrogens is 1. The summed E-state index contributed by atoms with van der Waals surface area (Å²) in [4.78, 5) is 24.0. The summed E-state index contributed by atoms with van der Waals surface area (Å²) in [6.45, 7) is 0. The van der Waals surface area contributed by atoms with Crippen molar-refractivity contribution in [2.24, 2.45) is 9.98 Å². The maximum Gasteiger partial charge on any atom is 0.288 e. The van der Waals surface area contributed by atoms with Crippen LogP contribution in [0.5, 0.6) is 0 Å². The Bertz CT molecular complexity index is 730. The van der Waals surface area contributed by atoms with E-state index in [9.17, 15) is 0 Å². The molecule has 0 fully saturated rings. The minimum Gasteiger partial charge on any atom is -0.321 e. The fraction of sp³-hybridized carbons (Fsp3) is 0. The van der Waals surface area contributed by atoms with Gasteiger partial charge in [-0.25, -0.2) is 24.9 Å². The molecule has 4 heterocycles. The second-order valence-electron chi connectivity index (χ2n) is 3.67. The predicted molar refractivity (Wildman–Crippen MR) is 65.9 cm³/mol. The van der Waals surface area contributed by atoms with Crippen LogP contribution in [0.3, 0.4) is 0 Å². The summed E-state index contributed by atoms with van der Waals surface area (Å²) in [7, 11) is 0. The van der Waals surface area contributed by atoms with Crippen molar-refractivity contribution >= 4 is 35.3 Å². The highest BCUT2D eigenvalue weighted by Gasteiger charge is 2.27. The van der Waals surface area contributed by atoms with Gasteiger partial charge in [-0.2, -0.15) is 0 Å². The molecular formula is C10H6N8+. The van der Waals surface area contributed by atoms with E-state index in [-0.39, 0.29) is 0 Å². The van der Waals surface area contributed by atoms with E-state index in [1.807, 2.05) is 0 Å². The lowest BCUT2D eigenvalue weighted by Crippen LogP contribution is -2.30. The van der Waals surface area contributed by atoms with E-state index < -0.39 is 0 Å². The molecule has 0 aromatic carbocycles. The lowest BCUT2D eigenvalue weighted by Gasteiger charge is -2.01. The Labute approximate surface area is 100 Å². The first-order valence-corrected chi connectivity index (χ1v) is 5.23. The van der Waals surface area contributed by atoms with E-state index in [4.69, 9.17) is 0 Å². The molecule has 0 amide bonds. The number of nitrogens with one attached hydrogen (secondary N) is 2. The fourth-order valence-corrected chi connectivity index (χ4v) is 1.81. The summed E-state index contributed by atoms with van der Waals surface area (Å²) in [5.74, 6) is 1.25. The van der Waals surface area contributed by atoms with Gasteiger partial charge in [0, 0.05) is 12.4 Å². The standard InChI is InChI=1S/C10H6N8/c1-2-12-10-9(11-1)16-7(17-10)5-3-15-18-8-6(5)13-4-14-8/h1-4H,(H,13,14,18)(H,11,12,16,17)/q+1. The molecule has 2 aliphatic rings. The number of hydrogen-bond acceptors (Lipinski definition) is 7. The van der Waals surface area contributed by atoms with E-state index >= 15 is 0 Å². The lowest BCUT2D eigenvalue weighted by atomic mass is 10.2. The van der Waals surface area contributed by atoms with Gasteiger partial charge in [0.05, 0.1) is 0 Å².